The quantitative estimate of drug-likeness (QED) is 0.470. The van der Waals surface area contributed by atoms with Crippen molar-refractivity contribution in [1.29, 1.82) is 0 Å². The first-order valence-corrected chi connectivity index (χ1v) is 5.14. The molecule has 0 saturated heterocycles. The second kappa shape index (κ2) is 6.01. The zero-order valence-corrected chi connectivity index (χ0v) is 8.77. The van der Waals surface area contributed by atoms with Crippen LogP contribution >= 0.6 is 0 Å². The van der Waals surface area contributed by atoms with E-state index in [-0.39, 0.29) is 5.76 Å². The molecule has 0 heterocycles. The minimum Gasteiger partial charge on any atom is -0.510 e. The standard InChI is InChI=1S/C11H21FO/c1-4-6-7-8-9-11(12,5-2)10(3)13/h13H,3-9H2,1-2H3. The number of aliphatic hydroxyl groups excluding tert-OH is 1. The molecule has 78 valence electrons. The molecule has 0 spiro atoms. The first-order chi connectivity index (χ1) is 6.06. The summed E-state index contributed by atoms with van der Waals surface area (Å²) >= 11 is 0. The van der Waals surface area contributed by atoms with Crippen molar-refractivity contribution in [3.05, 3.63) is 12.3 Å². The molecule has 0 radical (unpaired) electrons. The Kier molecular flexibility index (Phi) is 5.76. The molecule has 0 aliphatic heterocycles. The van der Waals surface area contributed by atoms with Crippen LogP contribution in [0.25, 0.3) is 0 Å². The van der Waals surface area contributed by atoms with Crippen LogP contribution in [0.1, 0.15) is 52.4 Å². The smallest absolute Gasteiger partial charge is 0.166 e. The van der Waals surface area contributed by atoms with Gasteiger partial charge in [-0.3, -0.25) is 0 Å². The van der Waals surface area contributed by atoms with Crippen LogP contribution in [0.3, 0.4) is 0 Å². The number of unbranched alkanes of at least 4 members (excludes halogenated alkanes) is 3. The molecule has 0 aromatic heterocycles. The van der Waals surface area contributed by atoms with Gasteiger partial charge in [0.05, 0.1) is 0 Å². The Bertz CT molecular complexity index is 156. The van der Waals surface area contributed by atoms with Crippen LogP contribution in [0.15, 0.2) is 12.3 Å². The predicted molar refractivity (Wildman–Crippen MR) is 54.7 cm³/mol. The van der Waals surface area contributed by atoms with Gasteiger partial charge >= 0.3 is 0 Å². The van der Waals surface area contributed by atoms with Gasteiger partial charge in [-0.1, -0.05) is 39.7 Å². The van der Waals surface area contributed by atoms with Crippen molar-refractivity contribution in [3.63, 3.8) is 0 Å². The van der Waals surface area contributed by atoms with E-state index in [0.717, 1.165) is 25.7 Å². The number of alkyl halides is 1. The maximum atomic E-state index is 13.7. The van der Waals surface area contributed by atoms with E-state index in [1.807, 2.05) is 0 Å². The Balaban J connectivity index is 3.78. The SMILES string of the molecule is C=C(O)C(F)(CC)CCCCCC. The Labute approximate surface area is 80.7 Å². The molecule has 1 nitrogen and oxygen atoms in total. The third-order valence-corrected chi connectivity index (χ3v) is 2.50. The van der Waals surface area contributed by atoms with Crippen molar-refractivity contribution in [1.82, 2.24) is 0 Å². The normalized spacial score (nSPS) is 15.3. The lowest BCUT2D eigenvalue weighted by Crippen LogP contribution is -2.23. The fraction of sp³-hybridized carbons (Fsp3) is 0.818. The molecule has 1 N–H and O–H groups in total. The van der Waals surface area contributed by atoms with Crippen LogP contribution in [-0.2, 0) is 0 Å². The average Bonchev–Trinajstić information content (AvgIpc) is 2.12. The van der Waals surface area contributed by atoms with E-state index in [2.05, 4.69) is 13.5 Å². The third kappa shape index (κ3) is 4.30. The Morgan fingerprint density at radius 3 is 2.31 bits per heavy atom. The van der Waals surface area contributed by atoms with Crippen LogP contribution in [0.2, 0.25) is 0 Å². The highest BCUT2D eigenvalue weighted by atomic mass is 19.1. The zero-order valence-electron chi connectivity index (χ0n) is 8.77. The van der Waals surface area contributed by atoms with E-state index < -0.39 is 5.67 Å². The minimum absolute atomic E-state index is 0.313. The molecule has 1 unspecified atom stereocenters. The van der Waals surface area contributed by atoms with Gasteiger partial charge in [0.2, 0.25) is 0 Å². The summed E-state index contributed by atoms with van der Waals surface area (Å²) in [6.07, 6.45) is 4.86. The third-order valence-electron chi connectivity index (χ3n) is 2.50. The van der Waals surface area contributed by atoms with Crippen molar-refractivity contribution in [2.45, 2.75) is 58.0 Å². The van der Waals surface area contributed by atoms with Gasteiger partial charge < -0.3 is 5.11 Å². The van der Waals surface area contributed by atoms with Crippen molar-refractivity contribution >= 4 is 0 Å². The van der Waals surface area contributed by atoms with Crippen LogP contribution < -0.4 is 0 Å². The molecule has 0 bridgehead atoms. The topological polar surface area (TPSA) is 20.2 Å². The van der Waals surface area contributed by atoms with Gasteiger partial charge in [-0.05, 0) is 19.3 Å². The fourth-order valence-electron chi connectivity index (χ4n) is 1.36. The van der Waals surface area contributed by atoms with Crippen LogP contribution in [0.5, 0.6) is 0 Å². The maximum Gasteiger partial charge on any atom is 0.166 e. The van der Waals surface area contributed by atoms with Gasteiger partial charge in [0, 0.05) is 0 Å². The molecule has 13 heavy (non-hydrogen) atoms. The molecule has 0 fully saturated rings. The number of halogens is 1. The Morgan fingerprint density at radius 1 is 1.31 bits per heavy atom. The monoisotopic (exact) mass is 188 g/mol. The molecule has 0 saturated carbocycles. The van der Waals surface area contributed by atoms with Crippen molar-refractivity contribution in [2.75, 3.05) is 0 Å². The van der Waals surface area contributed by atoms with Gasteiger partial charge in [0.15, 0.2) is 5.67 Å². The molecule has 0 aromatic rings. The molecule has 0 aliphatic carbocycles. The number of hydrogen-bond acceptors (Lipinski definition) is 1. The predicted octanol–water partition coefficient (Wildman–Crippen LogP) is 4.15. The van der Waals surface area contributed by atoms with E-state index in [4.69, 9.17) is 5.11 Å². The molecular formula is C11H21FO. The van der Waals surface area contributed by atoms with Crippen molar-refractivity contribution < 1.29 is 9.50 Å². The minimum atomic E-state index is -1.55. The number of hydrogen-bond donors (Lipinski definition) is 1. The van der Waals surface area contributed by atoms with Gasteiger partial charge in [-0.2, -0.15) is 0 Å². The number of rotatable bonds is 7. The zero-order chi connectivity index (χ0) is 10.3. The summed E-state index contributed by atoms with van der Waals surface area (Å²) in [5.74, 6) is -0.313. The summed E-state index contributed by atoms with van der Waals surface area (Å²) in [6.45, 7) is 7.13. The van der Waals surface area contributed by atoms with Gasteiger partial charge in [0.1, 0.15) is 5.76 Å². The van der Waals surface area contributed by atoms with E-state index in [0.29, 0.717) is 12.8 Å². The van der Waals surface area contributed by atoms with E-state index in [1.54, 1.807) is 6.92 Å². The van der Waals surface area contributed by atoms with Gasteiger partial charge in [-0.15, -0.1) is 0 Å². The first kappa shape index (κ1) is 12.5. The summed E-state index contributed by atoms with van der Waals surface area (Å²) < 4.78 is 13.7. The highest BCUT2D eigenvalue weighted by molar-refractivity contribution is 5.02. The van der Waals surface area contributed by atoms with E-state index >= 15 is 0 Å². The summed E-state index contributed by atoms with van der Waals surface area (Å²) in [5, 5.41) is 9.06. The summed E-state index contributed by atoms with van der Waals surface area (Å²) in [4.78, 5) is 0. The Hall–Kier alpha value is -0.530. The molecule has 2 heteroatoms. The maximum absolute atomic E-state index is 13.7. The van der Waals surface area contributed by atoms with Gasteiger partial charge in [0.25, 0.3) is 0 Å². The summed E-state index contributed by atoms with van der Waals surface area (Å²) in [5.41, 5.74) is -1.55. The van der Waals surface area contributed by atoms with Crippen molar-refractivity contribution in [2.24, 2.45) is 0 Å². The molecule has 0 aromatic carbocycles. The lowest BCUT2D eigenvalue weighted by molar-refractivity contribution is 0.120. The molecular weight excluding hydrogens is 167 g/mol. The van der Waals surface area contributed by atoms with E-state index in [1.165, 1.54) is 0 Å². The number of allylic oxidation sites excluding steroid dienone is 1. The molecule has 0 rings (SSSR count). The highest BCUT2D eigenvalue weighted by Gasteiger charge is 2.30. The van der Waals surface area contributed by atoms with Gasteiger partial charge in [-0.25, -0.2) is 4.39 Å². The van der Waals surface area contributed by atoms with Crippen LogP contribution in [-0.4, -0.2) is 10.8 Å². The molecule has 1 atom stereocenters. The molecule has 0 amide bonds. The lowest BCUT2D eigenvalue weighted by atomic mass is 9.93. The fourth-order valence-corrected chi connectivity index (χ4v) is 1.36. The van der Waals surface area contributed by atoms with Crippen molar-refractivity contribution in [3.8, 4) is 0 Å². The average molecular weight is 188 g/mol. The summed E-state index contributed by atoms with van der Waals surface area (Å²) in [7, 11) is 0. The lowest BCUT2D eigenvalue weighted by Gasteiger charge is -2.22. The second-order valence-electron chi connectivity index (χ2n) is 3.58. The Morgan fingerprint density at radius 2 is 1.92 bits per heavy atom. The van der Waals surface area contributed by atoms with E-state index in [9.17, 15) is 4.39 Å². The van der Waals surface area contributed by atoms with Crippen LogP contribution in [0, 0.1) is 0 Å². The highest BCUT2D eigenvalue weighted by Crippen LogP contribution is 2.29. The first-order valence-electron chi connectivity index (χ1n) is 5.14. The number of aliphatic hydroxyl groups is 1. The van der Waals surface area contributed by atoms with Crippen LogP contribution in [0.4, 0.5) is 4.39 Å². The molecule has 0 aliphatic rings. The summed E-state index contributed by atoms with van der Waals surface area (Å²) in [6, 6.07) is 0. The largest absolute Gasteiger partial charge is 0.510 e. The second-order valence-corrected chi connectivity index (χ2v) is 3.58.